The molecule has 0 saturated carbocycles. The molecule has 0 bridgehead atoms. The van der Waals surface area contributed by atoms with E-state index in [9.17, 15) is 9.59 Å². The number of halogens is 1. The van der Waals surface area contributed by atoms with E-state index in [1.165, 1.54) is 0 Å². The summed E-state index contributed by atoms with van der Waals surface area (Å²) in [4.78, 5) is 25.3. The van der Waals surface area contributed by atoms with Gasteiger partial charge in [0, 0.05) is 15.6 Å². The van der Waals surface area contributed by atoms with Crippen LogP contribution in [-0.4, -0.2) is 17.8 Å². The van der Waals surface area contributed by atoms with Gasteiger partial charge in [-0.3, -0.25) is 9.59 Å². The van der Waals surface area contributed by atoms with E-state index < -0.39 is 6.10 Å². The molecule has 27 heavy (non-hydrogen) atoms. The zero-order chi connectivity index (χ0) is 19.2. The number of hydrogen-bond donors (Lipinski definition) is 1. The molecule has 1 N–H and O–H groups in total. The summed E-state index contributed by atoms with van der Waals surface area (Å²) in [6.07, 6.45) is -0.717. The molecule has 1 unspecified atom stereocenters. The van der Waals surface area contributed by atoms with Crippen LogP contribution in [0, 0.1) is 0 Å². The quantitative estimate of drug-likeness (QED) is 0.561. The Labute approximate surface area is 166 Å². The van der Waals surface area contributed by atoms with Crippen LogP contribution in [0.5, 0.6) is 5.75 Å². The lowest BCUT2D eigenvalue weighted by Crippen LogP contribution is -2.30. The van der Waals surface area contributed by atoms with Crippen molar-refractivity contribution in [2.45, 2.75) is 13.0 Å². The Balaban J connectivity index is 1.74. The number of benzene rings is 3. The summed E-state index contributed by atoms with van der Waals surface area (Å²) < 4.78 is 6.60. The van der Waals surface area contributed by atoms with Crippen molar-refractivity contribution in [3.05, 3.63) is 94.5 Å². The molecule has 0 aliphatic heterocycles. The molecule has 0 aliphatic rings. The predicted octanol–water partition coefficient (Wildman–Crippen LogP) is 5.09. The van der Waals surface area contributed by atoms with E-state index in [4.69, 9.17) is 4.74 Å². The lowest BCUT2D eigenvalue weighted by molar-refractivity contribution is -0.122. The largest absolute Gasteiger partial charge is 0.481 e. The summed E-state index contributed by atoms with van der Waals surface area (Å²) in [5.74, 6) is 0.119. The smallest absolute Gasteiger partial charge is 0.265 e. The third kappa shape index (κ3) is 4.83. The van der Waals surface area contributed by atoms with E-state index in [-0.39, 0.29) is 11.7 Å². The number of anilines is 1. The molecule has 5 heteroatoms. The molecule has 0 spiro atoms. The van der Waals surface area contributed by atoms with Crippen LogP contribution in [0.3, 0.4) is 0 Å². The Hall–Kier alpha value is -2.92. The number of ketones is 1. The second kappa shape index (κ2) is 8.64. The third-order valence-corrected chi connectivity index (χ3v) is 4.49. The molecule has 0 aliphatic carbocycles. The van der Waals surface area contributed by atoms with Gasteiger partial charge in [-0.05, 0) is 43.3 Å². The SMILES string of the molecule is CC(Oc1ccc(Br)cc1)C(=O)Nc1ccccc1C(=O)c1ccccc1. The normalized spacial score (nSPS) is 11.5. The summed E-state index contributed by atoms with van der Waals surface area (Å²) in [6, 6.07) is 23.2. The molecule has 136 valence electrons. The molecular formula is C22H18BrNO3. The van der Waals surface area contributed by atoms with E-state index >= 15 is 0 Å². The second-order valence-corrected chi connectivity index (χ2v) is 6.86. The number of ether oxygens (including phenoxy) is 1. The number of amides is 1. The summed E-state index contributed by atoms with van der Waals surface area (Å²) in [6.45, 7) is 1.67. The van der Waals surface area contributed by atoms with Crippen molar-refractivity contribution < 1.29 is 14.3 Å². The van der Waals surface area contributed by atoms with E-state index in [1.807, 2.05) is 30.3 Å². The van der Waals surface area contributed by atoms with Crippen molar-refractivity contribution in [1.29, 1.82) is 0 Å². The highest BCUT2D eigenvalue weighted by molar-refractivity contribution is 9.10. The first-order valence-corrected chi connectivity index (χ1v) is 9.26. The minimum Gasteiger partial charge on any atom is -0.481 e. The predicted molar refractivity (Wildman–Crippen MR) is 109 cm³/mol. The van der Waals surface area contributed by atoms with Crippen LogP contribution in [0.4, 0.5) is 5.69 Å². The summed E-state index contributed by atoms with van der Waals surface area (Å²) in [5, 5.41) is 2.80. The minimum atomic E-state index is -0.717. The Morgan fingerprint density at radius 2 is 1.52 bits per heavy atom. The van der Waals surface area contributed by atoms with Crippen molar-refractivity contribution in [1.82, 2.24) is 0 Å². The van der Waals surface area contributed by atoms with Crippen LogP contribution in [0.1, 0.15) is 22.8 Å². The first-order valence-electron chi connectivity index (χ1n) is 8.46. The van der Waals surface area contributed by atoms with Gasteiger partial charge < -0.3 is 10.1 Å². The van der Waals surface area contributed by atoms with Gasteiger partial charge in [0.1, 0.15) is 5.75 Å². The molecule has 1 amide bonds. The van der Waals surface area contributed by atoms with Gasteiger partial charge in [0.2, 0.25) is 0 Å². The molecule has 0 radical (unpaired) electrons. The number of nitrogens with one attached hydrogen (secondary N) is 1. The number of hydrogen-bond acceptors (Lipinski definition) is 3. The highest BCUT2D eigenvalue weighted by Gasteiger charge is 2.19. The molecule has 3 aromatic carbocycles. The van der Waals surface area contributed by atoms with E-state index in [1.54, 1.807) is 55.5 Å². The zero-order valence-corrected chi connectivity index (χ0v) is 16.3. The van der Waals surface area contributed by atoms with Gasteiger partial charge in [0.15, 0.2) is 11.9 Å². The second-order valence-electron chi connectivity index (χ2n) is 5.94. The van der Waals surface area contributed by atoms with Crippen molar-refractivity contribution >= 4 is 33.3 Å². The van der Waals surface area contributed by atoms with Crippen molar-refractivity contribution in [2.24, 2.45) is 0 Å². The Morgan fingerprint density at radius 1 is 0.889 bits per heavy atom. The highest BCUT2D eigenvalue weighted by Crippen LogP contribution is 2.21. The fourth-order valence-corrected chi connectivity index (χ4v) is 2.80. The van der Waals surface area contributed by atoms with Crippen molar-refractivity contribution in [2.75, 3.05) is 5.32 Å². The Morgan fingerprint density at radius 3 is 2.22 bits per heavy atom. The van der Waals surface area contributed by atoms with E-state index in [2.05, 4.69) is 21.2 Å². The van der Waals surface area contributed by atoms with Crippen molar-refractivity contribution in [3.8, 4) is 5.75 Å². The van der Waals surface area contributed by atoms with Crippen LogP contribution in [-0.2, 0) is 4.79 Å². The number of carbonyl (C=O) groups excluding carboxylic acids is 2. The molecule has 0 heterocycles. The summed E-state index contributed by atoms with van der Waals surface area (Å²) >= 11 is 3.36. The maximum absolute atomic E-state index is 12.8. The molecule has 3 rings (SSSR count). The average molecular weight is 424 g/mol. The maximum atomic E-state index is 12.8. The first kappa shape index (κ1) is 18.9. The molecule has 1 atom stereocenters. The maximum Gasteiger partial charge on any atom is 0.265 e. The van der Waals surface area contributed by atoms with Crippen LogP contribution in [0.2, 0.25) is 0 Å². The third-order valence-electron chi connectivity index (χ3n) is 3.96. The van der Waals surface area contributed by atoms with Gasteiger partial charge in [-0.15, -0.1) is 0 Å². The molecule has 0 fully saturated rings. The molecule has 3 aromatic rings. The van der Waals surface area contributed by atoms with Crippen LogP contribution in [0.15, 0.2) is 83.3 Å². The molecule has 0 aromatic heterocycles. The fraction of sp³-hybridized carbons (Fsp3) is 0.0909. The Bertz CT molecular complexity index is 939. The first-order chi connectivity index (χ1) is 13.0. The highest BCUT2D eigenvalue weighted by atomic mass is 79.9. The standard InChI is InChI=1S/C22H18BrNO3/c1-15(27-18-13-11-17(23)12-14-18)22(26)24-20-10-6-5-9-19(20)21(25)16-7-3-2-4-8-16/h2-15H,1H3,(H,24,26). The number of para-hydroxylation sites is 1. The topological polar surface area (TPSA) is 55.4 Å². The van der Waals surface area contributed by atoms with Gasteiger partial charge in [-0.2, -0.15) is 0 Å². The van der Waals surface area contributed by atoms with Gasteiger partial charge in [0.05, 0.1) is 5.69 Å². The molecular weight excluding hydrogens is 406 g/mol. The van der Waals surface area contributed by atoms with Crippen molar-refractivity contribution in [3.63, 3.8) is 0 Å². The van der Waals surface area contributed by atoms with E-state index in [0.29, 0.717) is 22.6 Å². The lowest BCUT2D eigenvalue weighted by Gasteiger charge is -2.16. The van der Waals surface area contributed by atoms with E-state index in [0.717, 1.165) is 4.47 Å². The number of rotatable bonds is 6. The zero-order valence-electron chi connectivity index (χ0n) is 14.7. The number of carbonyl (C=O) groups is 2. The minimum absolute atomic E-state index is 0.145. The van der Waals surface area contributed by atoms with Gasteiger partial charge in [0.25, 0.3) is 5.91 Å². The Kier molecular flexibility index (Phi) is 6.04. The average Bonchev–Trinajstić information content (AvgIpc) is 2.70. The van der Waals surface area contributed by atoms with Crippen LogP contribution < -0.4 is 10.1 Å². The monoisotopic (exact) mass is 423 g/mol. The summed E-state index contributed by atoms with van der Waals surface area (Å²) in [7, 11) is 0. The van der Waals surface area contributed by atoms with Crippen LogP contribution >= 0.6 is 15.9 Å². The summed E-state index contributed by atoms with van der Waals surface area (Å²) in [5.41, 5.74) is 1.47. The fourth-order valence-electron chi connectivity index (χ4n) is 2.54. The van der Waals surface area contributed by atoms with Crippen LogP contribution in [0.25, 0.3) is 0 Å². The van der Waals surface area contributed by atoms with Gasteiger partial charge in [-0.25, -0.2) is 0 Å². The molecule has 4 nitrogen and oxygen atoms in total. The molecule has 0 saturated heterocycles. The lowest BCUT2D eigenvalue weighted by atomic mass is 10.0. The van der Waals surface area contributed by atoms with Gasteiger partial charge >= 0.3 is 0 Å². The van der Waals surface area contributed by atoms with Gasteiger partial charge in [-0.1, -0.05) is 58.4 Å².